The highest BCUT2D eigenvalue weighted by molar-refractivity contribution is 5.78. The van der Waals surface area contributed by atoms with Crippen molar-refractivity contribution in [1.29, 1.82) is 0 Å². The van der Waals surface area contributed by atoms with Crippen LogP contribution in [0.2, 0.25) is 0 Å². The first-order valence-corrected chi connectivity index (χ1v) is 9.40. The summed E-state index contributed by atoms with van der Waals surface area (Å²) in [5.74, 6) is 0.445. The molecule has 0 radical (unpaired) electrons. The molecule has 4 heteroatoms. The van der Waals surface area contributed by atoms with E-state index >= 15 is 0 Å². The van der Waals surface area contributed by atoms with E-state index in [-0.39, 0.29) is 18.1 Å². The number of nitrogens with zero attached hydrogens (tertiary/aromatic N) is 1. The Bertz CT molecular complexity index is 721. The number of carbonyl (C=O) groups excluding carboxylic acids is 1. The average Bonchev–Trinajstić information content (AvgIpc) is 2.63. The molecule has 3 rings (SSSR count). The standard InChI is InChI=1S/C22H27FN2O/c1-17-9-11-25(12-10-17)16-19-7-5-18(6-8-19)15-24-22(26)14-20-3-2-4-21(23)13-20/h2-8,13,17H,9-12,14-16H2,1H3,(H,24,26). The van der Waals surface area contributed by atoms with Crippen LogP contribution in [0.15, 0.2) is 48.5 Å². The number of rotatable bonds is 6. The molecule has 0 bridgehead atoms. The van der Waals surface area contributed by atoms with Gasteiger partial charge in [0.05, 0.1) is 6.42 Å². The molecule has 0 unspecified atom stereocenters. The van der Waals surface area contributed by atoms with E-state index in [0.29, 0.717) is 12.1 Å². The van der Waals surface area contributed by atoms with Gasteiger partial charge >= 0.3 is 0 Å². The maximum absolute atomic E-state index is 13.2. The second-order valence-electron chi connectivity index (χ2n) is 7.36. The lowest BCUT2D eigenvalue weighted by Gasteiger charge is -2.30. The molecule has 138 valence electrons. The molecule has 1 aliphatic heterocycles. The molecule has 1 saturated heterocycles. The Kier molecular flexibility index (Phi) is 6.40. The number of piperidine rings is 1. The summed E-state index contributed by atoms with van der Waals surface area (Å²) in [6.07, 6.45) is 2.77. The van der Waals surface area contributed by atoms with Gasteiger partial charge < -0.3 is 5.32 Å². The van der Waals surface area contributed by atoms with Gasteiger partial charge in [0, 0.05) is 13.1 Å². The quantitative estimate of drug-likeness (QED) is 0.853. The van der Waals surface area contributed by atoms with Gasteiger partial charge in [0.1, 0.15) is 5.82 Å². The number of halogens is 1. The van der Waals surface area contributed by atoms with E-state index in [1.807, 2.05) is 0 Å². The summed E-state index contributed by atoms with van der Waals surface area (Å²) >= 11 is 0. The van der Waals surface area contributed by atoms with Gasteiger partial charge in [-0.1, -0.05) is 43.3 Å². The van der Waals surface area contributed by atoms with Crippen molar-refractivity contribution in [3.8, 4) is 0 Å². The van der Waals surface area contributed by atoms with Crippen molar-refractivity contribution < 1.29 is 9.18 Å². The molecular formula is C22H27FN2O. The molecular weight excluding hydrogens is 327 g/mol. The molecule has 1 amide bonds. The third kappa shape index (κ3) is 5.67. The van der Waals surface area contributed by atoms with Crippen LogP contribution in [-0.4, -0.2) is 23.9 Å². The second-order valence-corrected chi connectivity index (χ2v) is 7.36. The van der Waals surface area contributed by atoms with Gasteiger partial charge in [-0.3, -0.25) is 9.69 Å². The first-order chi connectivity index (χ1) is 12.6. The van der Waals surface area contributed by atoms with Crippen molar-refractivity contribution >= 4 is 5.91 Å². The Balaban J connectivity index is 1.44. The zero-order chi connectivity index (χ0) is 18.4. The van der Waals surface area contributed by atoms with Gasteiger partial charge in [0.25, 0.3) is 0 Å². The maximum atomic E-state index is 13.2. The number of hydrogen-bond donors (Lipinski definition) is 1. The Labute approximate surface area is 155 Å². The number of likely N-dealkylation sites (tertiary alicyclic amines) is 1. The predicted octanol–water partition coefficient (Wildman–Crippen LogP) is 3.92. The van der Waals surface area contributed by atoms with Crippen LogP contribution < -0.4 is 5.32 Å². The molecule has 0 saturated carbocycles. The van der Waals surface area contributed by atoms with Crippen LogP contribution in [0.3, 0.4) is 0 Å². The summed E-state index contributed by atoms with van der Waals surface area (Å²) in [7, 11) is 0. The van der Waals surface area contributed by atoms with Crippen LogP contribution >= 0.6 is 0 Å². The SMILES string of the molecule is CC1CCN(Cc2ccc(CNC(=O)Cc3cccc(F)c3)cc2)CC1. The van der Waals surface area contributed by atoms with Crippen LogP contribution in [0.5, 0.6) is 0 Å². The number of amides is 1. The fourth-order valence-electron chi connectivity index (χ4n) is 3.34. The van der Waals surface area contributed by atoms with E-state index in [2.05, 4.69) is 41.4 Å². The molecule has 2 aromatic rings. The first kappa shape index (κ1) is 18.6. The maximum Gasteiger partial charge on any atom is 0.224 e. The zero-order valence-corrected chi connectivity index (χ0v) is 15.4. The van der Waals surface area contributed by atoms with E-state index in [9.17, 15) is 9.18 Å². The summed E-state index contributed by atoms with van der Waals surface area (Å²) in [6.45, 7) is 6.18. The molecule has 1 heterocycles. The topological polar surface area (TPSA) is 32.3 Å². The lowest BCUT2D eigenvalue weighted by molar-refractivity contribution is -0.120. The van der Waals surface area contributed by atoms with Crippen molar-refractivity contribution in [1.82, 2.24) is 10.2 Å². The number of hydrogen-bond acceptors (Lipinski definition) is 2. The molecule has 1 aliphatic rings. The smallest absolute Gasteiger partial charge is 0.224 e. The van der Waals surface area contributed by atoms with Gasteiger partial charge in [0.15, 0.2) is 0 Å². The summed E-state index contributed by atoms with van der Waals surface area (Å²) in [5, 5.41) is 2.90. The lowest BCUT2D eigenvalue weighted by Crippen LogP contribution is -2.32. The van der Waals surface area contributed by atoms with Crippen LogP contribution in [0.4, 0.5) is 4.39 Å². The van der Waals surface area contributed by atoms with E-state index in [1.165, 1.54) is 43.6 Å². The molecule has 2 aromatic carbocycles. The van der Waals surface area contributed by atoms with Crippen molar-refractivity contribution in [2.75, 3.05) is 13.1 Å². The van der Waals surface area contributed by atoms with Gasteiger partial charge in [-0.2, -0.15) is 0 Å². The Morgan fingerprint density at radius 2 is 1.77 bits per heavy atom. The highest BCUT2D eigenvalue weighted by atomic mass is 19.1. The van der Waals surface area contributed by atoms with Crippen LogP contribution in [0.1, 0.15) is 36.5 Å². The Hall–Kier alpha value is -2.20. The van der Waals surface area contributed by atoms with Crippen molar-refractivity contribution in [3.63, 3.8) is 0 Å². The number of carbonyl (C=O) groups is 1. The van der Waals surface area contributed by atoms with Crippen molar-refractivity contribution in [2.45, 2.75) is 39.3 Å². The molecule has 0 aliphatic carbocycles. The minimum absolute atomic E-state index is 0.0953. The van der Waals surface area contributed by atoms with Gasteiger partial charge in [-0.25, -0.2) is 4.39 Å². The summed E-state index contributed by atoms with van der Waals surface area (Å²) in [6, 6.07) is 14.6. The third-order valence-corrected chi connectivity index (χ3v) is 5.05. The largest absolute Gasteiger partial charge is 0.352 e. The van der Waals surface area contributed by atoms with Gasteiger partial charge in [-0.05, 0) is 60.7 Å². The summed E-state index contributed by atoms with van der Waals surface area (Å²) < 4.78 is 13.2. The Morgan fingerprint density at radius 1 is 1.08 bits per heavy atom. The number of benzene rings is 2. The summed E-state index contributed by atoms with van der Waals surface area (Å²) in [4.78, 5) is 14.5. The molecule has 0 atom stereocenters. The molecule has 26 heavy (non-hydrogen) atoms. The van der Waals surface area contributed by atoms with Crippen molar-refractivity contribution in [2.24, 2.45) is 5.92 Å². The minimum atomic E-state index is -0.311. The second kappa shape index (κ2) is 8.95. The minimum Gasteiger partial charge on any atom is -0.352 e. The molecule has 3 nitrogen and oxygen atoms in total. The highest BCUT2D eigenvalue weighted by Crippen LogP contribution is 2.18. The first-order valence-electron chi connectivity index (χ1n) is 9.40. The van der Waals surface area contributed by atoms with E-state index in [1.54, 1.807) is 12.1 Å². The highest BCUT2D eigenvalue weighted by Gasteiger charge is 2.15. The fraction of sp³-hybridized carbons (Fsp3) is 0.409. The summed E-state index contributed by atoms with van der Waals surface area (Å²) in [5.41, 5.74) is 3.08. The van der Waals surface area contributed by atoms with E-state index < -0.39 is 0 Å². The van der Waals surface area contributed by atoms with Crippen LogP contribution in [0, 0.1) is 11.7 Å². The fourth-order valence-corrected chi connectivity index (χ4v) is 3.34. The molecule has 0 aromatic heterocycles. The average molecular weight is 354 g/mol. The monoisotopic (exact) mass is 354 g/mol. The molecule has 1 fully saturated rings. The van der Waals surface area contributed by atoms with Crippen LogP contribution in [0.25, 0.3) is 0 Å². The van der Waals surface area contributed by atoms with Crippen LogP contribution in [-0.2, 0) is 24.3 Å². The van der Waals surface area contributed by atoms with E-state index in [4.69, 9.17) is 0 Å². The number of nitrogens with one attached hydrogen (secondary N) is 1. The Morgan fingerprint density at radius 3 is 2.46 bits per heavy atom. The van der Waals surface area contributed by atoms with E-state index in [0.717, 1.165) is 18.0 Å². The van der Waals surface area contributed by atoms with Crippen molar-refractivity contribution in [3.05, 3.63) is 71.0 Å². The molecule has 0 spiro atoms. The van der Waals surface area contributed by atoms with Gasteiger partial charge in [-0.15, -0.1) is 0 Å². The molecule has 1 N–H and O–H groups in total. The predicted molar refractivity (Wildman–Crippen MR) is 102 cm³/mol. The zero-order valence-electron chi connectivity index (χ0n) is 15.4. The van der Waals surface area contributed by atoms with Gasteiger partial charge in [0.2, 0.25) is 5.91 Å². The normalized spacial score (nSPS) is 15.8. The lowest BCUT2D eigenvalue weighted by atomic mass is 9.99. The third-order valence-electron chi connectivity index (χ3n) is 5.05.